The molecule has 106 valence electrons. The normalized spacial score (nSPS) is 24.5. The molecule has 2 rings (SSSR count). The molecule has 1 fully saturated rings. The third-order valence-corrected chi connectivity index (χ3v) is 5.00. The van der Waals surface area contributed by atoms with Crippen molar-refractivity contribution in [3.63, 3.8) is 0 Å². The molecule has 4 heteroatoms. The maximum Gasteiger partial charge on any atom is 0.310 e. The average Bonchev–Trinajstić information content (AvgIpc) is 2.75. The fourth-order valence-electron chi connectivity index (χ4n) is 3.12. The first-order chi connectivity index (χ1) is 9.05. The fourth-order valence-corrected chi connectivity index (χ4v) is 4.05. The van der Waals surface area contributed by atoms with Crippen LogP contribution in [0.5, 0.6) is 0 Å². The molecule has 1 N–H and O–H groups in total. The van der Waals surface area contributed by atoms with Gasteiger partial charge in [-0.1, -0.05) is 13.3 Å². The molecule has 2 heterocycles. The Morgan fingerprint density at radius 2 is 2.32 bits per heavy atom. The molecular weight excluding hydrogens is 258 g/mol. The zero-order chi connectivity index (χ0) is 13.9. The Balaban J connectivity index is 2.05. The highest BCUT2D eigenvalue weighted by molar-refractivity contribution is 7.11. The molecule has 1 aromatic heterocycles. The van der Waals surface area contributed by atoms with Crippen LogP contribution in [0.3, 0.4) is 0 Å². The third kappa shape index (κ3) is 3.37. The predicted octanol–water partition coefficient (Wildman–Crippen LogP) is 3.52. The summed E-state index contributed by atoms with van der Waals surface area (Å²) in [4.78, 5) is 16.6. The van der Waals surface area contributed by atoms with Gasteiger partial charge in [0.2, 0.25) is 0 Å². The van der Waals surface area contributed by atoms with Crippen molar-refractivity contribution in [3.8, 4) is 0 Å². The molecule has 1 unspecified atom stereocenters. The Morgan fingerprint density at radius 3 is 2.89 bits per heavy atom. The molecular formula is C15H23NO2S. The fraction of sp³-hybridized carbons (Fsp3) is 0.667. The number of carboxylic acids is 1. The van der Waals surface area contributed by atoms with Crippen LogP contribution in [-0.4, -0.2) is 29.1 Å². The maximum absolute atomic E-state index is 11.6. The van der Waals surface area contributed by atoms with E-state index in [0.717, 1.165) is 38.8 Å². The predicted molar refractivity (Wildman–Crippen MR) is 78.5 cm³/mol. The number of aliphatic carboxylic acids is 1. The van der Waals surface area contributed by atoms with E-state index < -0.39 is 11.4 Å². The van der Waals surface area contributed by atoms with E-state index in [9.17, 15) is 9.90 Å². The third-order valence-electron chi connectivity index (χ3n) is 4.01. The monoisotopic (exact) mass is 281 g/mol. The smallest absolute Gasteiger partial charge is 0.310 e. The van der Waals surface area contributed by atoms with Crippen LogP contribution in [0.2, 0.25) is 0 Å². The summed E-state index contributed by atoms with van der Waals surface area (Å²) in [6.45, 7) is 6.81. The molecule has 1 aliphatic heterocycles. The second kappa shape index (κ2) is 6.06. The van der Waals surface area contributed by atoms with Gasteiger partial charge < -0.3 is 5.11 Å². The van der Waals surface area contributed by atoms with E-state index in [-0.39, 0.29) is 0 Å². The number of hydrogen-bond acceptors (Lipinski definition) is 3. The Bertz CT molecular complexity index is 439. The van der Waals surface area contributed by atoms with Crippen LogP contribution in [0.1, 0.15) is 42.4 Å². The van der Waals surface area contributed by atoms with Crippen LogP contribution in [-0.2, 0) is 11.3 Å². The van der Waals surface area contributed by atoms with Gasteiger partial charge in [-0.25, -0.2) is 0 Å². The number of thiophene rings is 1. The van der Waals surface area contributed by atoms with Gasteiger partial charge in [0.15, 0.2) is 0 Å². The molecule has 0 aliphatic carbocycles. The Kier molecular flexibility index (Phi) is 4.63. The number of aryl methyl sites for hydroxylation is 1. The summed E-state index contributed by atoms with van der Waals surface area (Å²) in [6, 6.07) is 4.30. The summed E-state index contributed by atoms with van der Waals surface area (Å²) in [5, 5.41) is 9.58. The van der Waals surface area contributed by atoms with Gasteiger partial charge in [-0.05, 0) is 44.9 Å². The molecule has 0 radical (unpaired) electrons. The topological polar surface area (TPSA) is 40.5 Å². The number of hydrogen-bond donors (Lipinski definition) is 1. The summed E-state index contributed by atoms with van der Waals surface area (Å²) in [5.74, 6) is -0.610. The number of piperidine rings is 1. The molecule has 0 amide bonds. The summed E-state index contributed by atoms with van der Waals surface area (Å²) in [7, 11) is 0. The van der Waals surface area contributed by atoms with Gasteiger partial charge in [0, 0.05) is 22.8 Å². The average molecular weight is 281 g/mol. The lowest BCUT2D eigenvalue weighted by molar-refractivity contribution is -0.153. The first-order valence-corrected chi connectivity index (χ1v) is 7.88. The first-order valence-electron chi connectivity index (χ1n) is 7.07. The van der Waals surface area contributed by atoms with Crippen LogP contribution >= 0.6 is 11.3 Å². The Morgan fingerprint density at radius 1 is 1.53 bits per heavy atom. The summed E-state index contributed by atoms with van der Waals surface area (Å²) >= 11 is 1.81. The molecule has 0 saturated carbocycles. The standard InChI is InChI=1S/C15H23NO2S/c1-3-7-15(14(17)18)8-4-9-16(11-15)10-13-6-5-12(2)19-13/h5-6H,3-4,7-11H2,1-2H3,(H,17,18). The van der Waals surface area contributed by atoms with Gasteiger partial charge in [0.1, 0.15) is 0 Å². The molecule has 0 aromatic carbocycles. The molecule has 0 bridgehead atoms. The number of nitrogens with zero attached hydrogens (tertiary/aromatic N) is 1. The molecule has 1 aromatic rings. The van der Waals surface area contributed by atoms with Gasteiger partial charge in [0.05, 0.1) is 5.41 Å². The molecule has 19 heavy (non-hydrogen) atoms. The van der Waals surface area contributed by atoms with Crippen molar-refractivity contribution in [2.24, 2.45) is 5.41 Å². The number of rotatable bonds is 5. The highest BCUT2D eigenvalue weighted by Gasteiger charge is 2.41. The quantitative estimate of drug-likeness (QED) is 0.897. The lowest BCUT2D eigenvalue weighted by Gasteiger charge is -2.39. The van der Waals surface area contributed by atoms with Crippen LogP contribution < -0.4 is 0 Å². The Labute approximate surface area is 119 Å². The van der Waals surface area contributed by atoms with E-state index in [1.165, 1.54) is 9.75 Å². The molecule has 1 aliphatic rings. The van der Waals surface area contributed by atoms with Crippen LogP contribution in [0.15, 0.2) is 12.1 Å². The van der Waals surface area contributed by atoms with Crippen LogP contribution in [0, 0.1) is 12.3 Å². The lowest BCUT2D eigenvalue weighted by atomic mass is 9.76. The van der Waals surface area contributed by atoms with Gasteiger partial charge in [-0.2, -0.15) is 0 Å². The van der Waals surface area contributed by atoms with Crippen molar-refractivity contribution in [1.29, 1.82) is 0 Å². The molecule has 1 saturated heterocycles. The minimum absolute atomic E-state index is 0.515. The van der Waals surface area contributed by atoms with Crippen molar-refractivity contribution in [3.05, 3.63) is 21.9 Å². The zero-order valence-electron chi connectivity index (χ0n) is 11.8. The van der Waals surface area contributed by atoms with Gasteiger partial charge in [-0.15, -0.1) is 11.3 Å². The highest BCUT2D eigenvalue weighted by Crippen LogP contribution is 2.36. The van der Waals surface area contributed by atoms with Gasteiger partial charge >= 0.3 is 5.97 Å². The largest absolute Gasteiger partial charge is 0.481 e. The minimum Gasteiger partial charge on any atom is -0.481 e. The SMILES string of the molecule is CCCC1(C(=O)O)CCCN(Cc2ccc(C)s2)C1. The first kappa shape index (κ1) is 14.5. The summed E-state index contributed by atoms with van der Waals surface area (Å²) in [5.41, 5.74) is -0.515. The lowest BCUT2D eigenvalue weighted by Crippen LogP contribution is -2.47. The van der Waals surface area contributed by atoms with Crippen molar-refractivity contribution in [1.82, 2.24) is 4.90 Å². The molecule has 0 spiro atoms. The van der Waals surface area contributed by atoms with E-state index >= 15 is 0 Å². The van der Waals surface area contributed by atoms with E-state index in [0.29, 0.717) is 6.54 Å². The molecule has 1 atom stereocenters. The Hall–Kier alpha value is -0.870. The second-order valence-corrected chi connectivity index (χ2v) is 7.03. The van der Waals surface area contributed by atoms with Crippen LogP contribution in [0.4, 0.5) is 0 Å². The van der Waals surface area contributed by atoms with Crippen LogP contribution in [0.25, 0.3) is 0 Å². The van der Waals surface area contributed by atoms with Crippen molar-refractivity contribution in [2.75, 3.05) is 13.1 Å². The molecule has 3 nitrogen and oxygen atoms in total. The summed E-state index contributed by atoms with van der Waals surface area (Å²) in [6.07, 6.45) is 3.56. The van der Waals surface area contributed by atoms with Crippen molar-refractivity contribution < 1.29 is 9.90 Å². The van der Waals surface area contributed by atoms with E-state index in [1.807, 2.05) is 11.3 Å². The van der Waals surface area contributed by atoms with E-state index in [1.54, 1.807) is 0 Å². The van der Waals surface area contributed by atoms with E-state index in [4.69, 9.17) is 0 Å². The number of carboxylic acid groups (broad SMARTS) is 1. The van der Waals surface area contributed by atoms with Crippen molar-refractivity contribution >= 4 is 17.3 Å². The van der Waals surface area contributed by atoms with E-state index in [2.05, 4.69) is 30.9 Å². The second-order valence-electron chi connectivity index (χ2n) is 5.66. The highest BCUT2D eigenvalue weighted by atomic mass is 32.1. The number of likely N-dealkylation sites (tertiary alicyclic amines) is 1. The maximum atomic E-state index is 11.6. The summed E-state index contributed by atoms with van der Waals surface area (Å²) < 4.78 is 0. The minimum atomic E-state index is -0.610. The number of carbonyl (C=O) groups is 1. The zero-order valence-corrected chi connectivity index (χ0v) is 12.6. The van der Waals surface area contributed by atoms with Gasteiger partial charge in [-0.3, -0.25) is 9.69 Å². The van der Waals surface area contributed by atoms with Gasteiger partial charge in [0.25, 0.3) is 0 Å². The van der Waals surface area contributed by atoms with Crippen molar-refractivity contribution in [2.45, 2.75) is 46.1 Å².